The van der Waals surface area contributed by atoms with Crippen LogP contribution < -0.4 is 9.47 Å². The van der Waals surface area contributed by atoms with Crippen molar-refractivity contribution in [2.45, 2.75) is 64.2 Å². The van der Waals surface area contributed by atoms with E-state index in [1.807, 2.05) is 27.7 Å². The molecule has 2 N–H and O–H groups in total. The molecule has 0 bridgehead atoms. The van der Waals surface area contributed by atoms with Gasteiger partial charge < -0.3 is 19.7 Å². The summed E-state index contributed by atoms with van der Waals surface area (Å²) in [6.07, 6.45) is -6.70. The summed E-state index contributed by atoms with van der Waals surface area (Å²) in [6, 6.07) is 12.5. The molecule has 0 saturated carbocycles. The number of ether oxygens (including phenoxy) is 2. The zero-order chi connectivity index (χ0) is 26.4. The van der Waals surface area contributed by atoms with Gasteiger partial charge in [-0.3, -0.25) is 0 Å². The van der Waals surface area contributed by atoms with Crippen LogP contribution in [0.25, 0.3) is 11.1 Å². The van der Waals surface area contributed by atoms with Gasteiger partial charge in [-0.2, -0.15) is 0 Å². The molecule has 1 unspecified atom stereocenters. The lowest BCUT2D eigenvalue weighted by atomic mass is 9.78. The van der Waals surface area contributed by atoms with Crippen molar-refractivity contribution in [1.82, 2.24) is 0 Å². The van der Waals surface area contributed by atoms with Crippen LogP contribution in [0.2, 0.25) is 0 Å². The highest BCUT2D eigenvalue weighted by atomic mass is 19.4. The maximum absolute atomic E-state index is 13.8. The topological polar surface area (TPSA) is 58.9 Å². The van der Waals surface area contributed by atoms with E-state index in [9.17, 15) is 27.8 Å². The lowest BCUT2D eigenvalue weighted by Crippen LogP contribution is -2.35. The van der Waals surface area contributed by atoms with E-state index in [2.05, 4.69) is 4.74 Å². The number of aliphatic hydroxyl groups excluding tert-OH is 2. The molecular weight excluding hydrogens is 476 g/mol. The third kappa shape index (κ3) is 5.34. The Labute approximate surface area is 207 Å². The summed E-state index contributed by atoms with van der Waals surface area (Å²) in [5.74, 6) is -0.449. The van der Waals surface area contributed by atoms with Crippen molar-refractivity contribution in [3.63, 3.8) is 0 Å². The Hall–Kier alpha value is -3.10. The molecule has 0 amide bonds. The van der Waals surface area contributed by atoms with Crippen LogP contribution in [-0.4, -0.2) is 22.2 Å². The largest absolute Gasteiger partial charge is 0.573 e. The predicted molar refractivity (Wildman–Crippen MR) is 127 cm³/mol. The second-order valence-electron chi connectivity index (χ2n) is 9.93. The van der Waals surface area contributed by atoms with E-state index in [0.717, 1.165) is 17.7 Å². The smallest absolute Gasteiger partial charge is 0.487 e. The molecule has 0 radical (unpaired) electrons. The minimum Gasteiger partial charge on any atom is -0.487 e. The van der Waals surface area contributed by atoms with Crippen LogP contribution in [-0.2, 0) is 0 Å². The molecule has 2 atom stereocenters. The predicted octanol–water partition coefficient (Wildman–Crippen LogP) is 7.19. The van der Waals surface area contributed by atoms with Crippen molar-refractivity contribution < 1.29 is 37.2 Å². The molecule has 0 spiro atoms. The van der Waals surface area contributed by atoms with Crippen molar-refractivity contribution >= 4 is 0 Å². The van der Waals surface area contributed by atoms with Gasteiger partial charge in [-0.05, 0) is 77.9 Å². The molecule has 1 aliphatic rings. The molecule has 4 rings (SSSR count). The summed E-state index contributed by atoms with van der Waals surface area (Å²) in [5.41, 5.74) is 2.49. The molecule has 1 aliphatic heterocycles. The average molecular weight is 505 g/mol. The number of alkyl halides is 3. The Balaban J connectivity index is 1.94. The SMILES string of the molecule is CC(C)c1cc2c(c(-c3ccc(F)cc3)c1C(O)c1ccc(OC(F)(F)F)cc1)[C@@H](O)CC(C)(C)O2. The lowest BCUT2D eigenvalue weighted by Gasteiger charge is -2.38. The van der Waals surface area contributed by atoms with Gasteiger partial charge in [0.15, 0.2) is 0 Å². The van der Waals surface area contributed by atoms with Gasteiger partial charge >= 0.3 is 6.36 Å². The van der Waals surface area contributed by atoms with Crippen molar-refractivity contribution in [2.75, 3.05) is 0 Å². The highest BCUT2D eigenvalue weighted by molar-refractivity contribution is 5.78. The van der Waals surface area contributed by atoms with Crippen LogP contribution in [0.5, 0.6) is 11.5 Å². The molecule has 4 nitrogen and oxygen atoms in total. The summed E-state index contributed by atoms with van der Waals surface area (Å²) in [5, 5.41) is 22.8. The number of rotatable bonds is 5. The fraction of sp³-hybridized carbons (Fsp3) is 0.357. The molecule has 3 aromatic carbocycles. The second-order valence-corrected chi connectivity index (χ2v) is 9.93. The normalized spacial score (nSPS) is 17.9. The monoisotopic (exact) mass is 504 g/mol. The van der Waals surface area contributed by atoms with E-state index < -0.39 is 35.7 Å². The number of fused-ring (bicyclic) bond motifs is 1. The van der Waals surface area contributed by atoms with Gasteiger partial charge in [0.25, 0.3) is 0 Å². The van der Waals surface area contributed by atoms with E-state index in [1.165, 1.54) is 24.3 Å². The van der Waals surface area contributed by atoms with Gasteiger partial charge in [0.05, 0.1) is 6.10 Å². The Morgan fingerprint density at radius 2 is 1.64 bits per heavy atom. The molecule has 0 aromatic heterocycles. The van der Waals surface area contributed by atoms with Gasteiger partial charge in [-0.15, -0.1) is 13.2 Å². The Bertz CT molecular complexity index is 1230. The summed E-state index contributed by atoms with van der Waals surface area (Å²) in [4.78, 5) is 0. The number of hydrogen-bond donors (Lipinski definition) is 2. The maximum Gasteiger partial charge on any atom is 0.573 e. The van der Waals surface area contributed by atoms with Gasteiger partial charge in [0.2, 0.25) is 0 Å². The summed E-state index contributed by atoms with van der Waals surface area (Å²) < 4.78 is 61.8. The molecule has 8 heteroatoms. The quantitative estimate of drug-likeness (QED) is 0.361. The Morgan fingerprint density at radius 3 is 2.19 bits per heavy atom. The number of hydrogen-bond acceptors (Lipinski definition) is 4. The fourth-order valence-electron chi connectivity index (χ4n) is 4.75. The molecule has 3 aromatic rings. The summed E-state index contributed by atoms with van der Waals surface area (Å²) in [7, 11) is 0. The molecule has 1 heterocycles. The van der Waals surface area contributed by atoms with E-state index in [1.54, 1.807) is 18.2 Å². The van der Waals surface area contributed by atoms with Gasteiger partial charge in [0, 0.05) is 12.0 Å². The first-order chi connectivity index (χ1) is 16.8. The highest BCUT2D eigenvalue weighted by Crippen LogP contribution is 2.50. The fourth-order valence-corrected chi connectivity index (χ4v) is 4.75. The van der Waals surface area contributed by atoms with Crippen LogP contribution in [0.3, 0.4) is 0 Å². The maximum atomic E-state index is 13.8. The first kappa shape index (κ1) is 26.0. The van der Waals surface area contributed by atoms with Crippen molar-refractivity contribution in [2.24, 2.45) is 0 Å². The second kappa shape index (κ2) is 9.41. The lowest BCUT2D eigenvalue weighted by molar-refractivity contribution is -0.274. The molecule has 192 valence electrons. The standard InChI is InChI=1S/C28H28F4O4/c1-15(2)20-13-22-25(21(33)14-27(3,4)36-22)23(16-5-9-18(29)10-6-16)24(20)26(34)17-7-11-19(12-8-17)35-28(30,31)32/h5-13,15,21,26,33-34H,14H2,1-4H3/t21-,26?/m0/s1. The van der Waals surface area contributed by atoms with Gasteiger partial charge in [0.1, 0.15) is 29.0 Å². The summed E-state index contributed by atoms with van der Waals surface area (Å²) in [6.45, 7) is 7.63. The Kier molecular flexibility index (Phi) is 6.79. The first-order valence-corrected chi connectivity index (χ1v) is 11.6. The van der Waals surface area contributed by atoms with E-state index >= 15 is 0 Å². The molecular formula is C28H28F4O4. The van der Waals surface area contributed by atoms with Crippen LogP contribution in [0.4, 0.5) is 17.6 Å². The van der Waals surface area contributed by atoms with Gasteiger partial charge in [-0.25, -0.2) is 4.39 Å². The van der Waals surface area contributed by atoms with Crippen LogP contribution in [0.15, 0.2) is 54.6 Å². The van der Waals surface area contributed by atoms with Crippen molar-refractivity contribution in [3.8, 4) is 22.6 Å². The van der Waals surface area contributed by atoms with Gasteiger partial charge in [-0.1, -0.05) is 38.1 Å². The highest BCUT2D eigenvalue weighted by Gasteiger charge is 2.38. The zero-order valence-corrected chi connectivity index (χ0v) is 20.4. The van der Waals surface area contributed by atoms with E-state index in [0.29, 0.717) is 40.0 Å². The average Bonchev–Trinajstić information content (AvgIpc) is 2.76. The molecule has 0 fully saturated rings. The minimum atomic E-state index is -4.83. The number of benzene rings is 3. The third-order valence-electron chi connectivity index (χ3n) is 6.26. The number of aliphatic hydroxyl groups is 2. The van der Waals surface area contributed by atoms with Crippen LogP contribution >= 0.6 is 0 Å². The van der Waals surface area contributed by atoms with Crippen LogP contribution in [0, 0.1) is 5.82 Å². The molecule has 36 heavy (non-hydrogen) atoms. The zero-order valence-electron chi connectivity index (χ0n) is 20.4. The van der Waals surface area contributed by atoms with Crippen LogP contribution in [0.1, 0.15) is 74.5 Å². The molecule has 0 aliphatic carbocycles. The summed E-state index contributed by atoms with van der Waals surface area (Å²) >= 11 is 0. The van der Waals surface area contributed by atoms with Crippen molar-refractivity contribution in [3.05, 3.63) is 82.7 Å². The van der Waals surface area contributed by atoms with E-state index in [4.69, 9.17) is 4.74 Å². The first-order valence-electron chi connectivity index (χ1n) is 11.6. The minimum absolute atomic E-state index is 0.0854. The number of halogens is 4. The third-order valence-corrected chi connectivity index (χ3v) is 6.26. The molecule has 0 saturated heterocycles. The van der Waals surface area contributed by atoms with E-state index in [-0.39, 0.29) is 5.92 Å². The van der Waals surface area contributed by atoms with Crippen molar-refractivity contribution in [1.29, 1.82) is 0 Å². The Morgan fingerprint density at radius 1 is 1.03 bits per heavy atom.